The molecular weight excluding hydrogens is 673 g/mol. The van der Waals surface area contributed by atoms with Crippen molar-refractivity contribution < 1.29 is 20.4 Å². The van der Waals surface area contributed by atoms with E-state index in [0.717, 1.165) is 0 Å². The van der Waals surface area contributed by atoms with Crippen LogP contribution >= 0.6 is 15.8 Å². The topological polar surface area (TPSA) is 0 Å². The molecule has 6 aromatic carbocycles. The van der Waals surface area contributed by atoms with Crippen molar-refractivity contribution in [1.82, 2.24) is 0 Å². The quantitative estimate of drug-likeness (QED) is 0.0874. The molecule has 0 nitrogen and oxygen atoms in total. The average molecular weight is 717 g/mol. The van der Waals surface area contributed by atoms with Crippen molar-refractivity contribution in [3.63, 3.8) is 0 Å². The van der Waals surface area contributed by atoms with Gasteiger partial charge in [0.2, 0.25) is 0 Å². The first-order valence-electron chi connectivity index (χ1n) is 15.7. The minimum atomic E-state index is -0.502. The minimum Gasteiger partial charge on any atom is -0.0622 e. The zero-order valence-electron chi connectivity index (χ0n) is 25.9. The summed E-state index contributed by atoms with van der Waals surface area (Å²) in [5, 5.41) is 0. The maximum absolute atomic E-state index is 2.26. The second kappa shape index (κ2) is 20.1. The van der Waals surface area contributed by atoms with Gasteiger partial charge >= 0.3 is 0 Å². The summed E-state index contributed by atoms with van der Waals surface area (Å²) in [7, 11) is -1.00. The van der Waals surface area contributed by atoms with Crippen LogP contribution in [-0.4, -0.2) is 0 Å². The monoisotopic (exact) mass is 716 g/mol. The second-order valence-corrected chi connectivity index (χ2v) is 16.6. The molecule has 0 heterocycles. The van der Waals surface area contributed by atoms with Crippen molar-refractivity contribution in [2.75, 3.05) is 0 Å². The second-order valence-electron chi connectivity index (χ2n) is 11.5. The largest absolute Gasteiger partial charge is 0.0826 e. The van der Waals surface area contributed by atoms with Gasteiger partial charge in [-0.25, -0.2) is 0 Å². The zero-order chi connectivity index (χ0) is 30.1. The Morgan fingerprint density at radius 2 is 0.356 bits per heavy atom. The van der Waals surface area contributed by atoms with Crippen LogP contribution in [-0.2, 0) is 57.4 Å². The summed E-state index contributed by atoms with van der Waals surface area (Å²) >= 11 is 0. The molecule has 3 heteroatoms. The maximum Gasteiger partial charge on any atom is 0.0826 e. The molecule has 0 unspecified atom stereocenters. The normalized spacial score (nSPS) is 10.5. The number of hydrogen-bond donors (Lipinski definition) is 0. The van der Waals surface area contributed by atoms with Crippen LogP contribution in [0, 0.1) is 0 Å². The number of benzene rings is 6. The van der Waals surface area contributed by atoms with Gasteiger partial charge in [-0.05, 0) is 33.4 Å². The van der Waals surface area contributed by atoms with Crippen LogP contribution in [0.4, 0.5) is 0 Å². The summed E-state index contributed by atoms with van der Waals surface area (Å²) in [6.45, 7) is 0. The van der Waals surface area contributed by atoms with Crippen molar-refractivity contribution >= 4 is 15.8 Å². The predicted molar refractivity (Wildman–Crippen MR) is 198 cm³/mol. The molecule has 0 bridgehead atoms. The average Bonchev–Trinajstić information content (AvgIpc) is 3.08. The minimum absolute atomic E-state index is 0. The Balaban J connectivity index is 0.000000200. The maximum atomic E-state index is 2.26. The molecule has 0 amide bonds. The molecule has 0 aromatic heterocycles. The Labute approximate surface area is 287 Å². The third-order valence-corrected chi connectivity index (χ3v) is 13.2. The van der Waals surface area contributed by atoms with Gasteiger partial charge in [0.05, 0.1) is 37.0 Å². The van der Waals surface area contributed by atoms with Crippen molar-refractivity contribution in [3.8, 4) is 0 Å². The molecule has 0 aliphatic rings. The van der Waals surface area contributed by atoms with Gasteiger partial charge in [-0.3, -0.25) is 0 Å². The molecule has 0 N–H and O–H groups in total. The van der Waals surface area contributed by atoms with Gasteiger partial charge in [0.1, 0.15) is 0 Å². The SMILES string of the molecule is [Pd].c1ccc(C[PH+](Cc2ccccc2)Cc2ccccc2)cc1.c1ccc(C[PH+](Cc2ccccc2)Cc2ccccc2)cc1. The molecule has 6 aromatic rings. The summed E-state index contributed by atoms with van der Waals surface area (Å²) in [5.41, 5.74) is 8.85. The molecule has 0 spiro atoms. The summed E-state index contributed by atoms with van der Waals surface area (Å²) in [6, 6.07) is 65.6. The Morgan fingerprint density at radius 3 is 0.489 bits per heavy atom. The molecule has 0 aliphatic heterocycles. The Bertz CT molecular complexity index is 1260. The fraction of sp³-hybridized carbons (Fsp3) is 0.143. The van der Waals surface area contributed by atoms with Crippen LogP contribution in [0.1, 0.15) is 33.4 Å². The predicted octanol–water partition coefficient (Wildman–Crippen LogP) is 11.6. The van der Waals surface area contributed by atoms with E-state index in [2.05, 4.69) is 182 Å². The van der Waals surface area contributed by atoms with E-state index in [1.165, 1.54) is 70.4 Å². The molecule has 0 aliphatic carbocycles. The van der Waals surface area contributed by atoms with Crippen LogP contribution in [0.5, 0.6) is 0 Å². The number of hydrogen-bond acceptors (Lipinski definition) is 0. The van der Waals surface area contributed by atoms with Crippen molar-refractivity contribution in [1.29, 1.82) is 0 Å². The van der Waals surface area contributed by atoms with E-state index in [1.54, 1.807) is 0 Å². The molecule has 6 rings (SSSR count). The molecule has 0 saturated carbocycles. The first-order chi connectivity index (χ1) is 21.8. The molecule has 0 radical (unpaired) electrons. The van der Waals surface area contributed by atoms with E-state index >= 15 is 0 Å². The third-order valence-electron chi connectivity index (χ3n) is 7.78. The van der Waals surface area contributed by atoms with Crippen LogP contribution in [0.3, 0.4) is 0 Å². The van der Waals surface area contributed by atoms with Crippen molar-refractivity contribution in [3.05, 3.63) is 215 Å². The van der Waals surface area contributed by atoms with E-state index < -0.39 is 15.8 Å². The van der Waals surface area contributed by atoms with Gasteiger partial charge < -0.3 is 0 Å². The third kappa shape index (κ3) is 13.0. The van der Waals surface area contributed by atoms with Gasteiger partial charge in [0.15, 0.2) is 0 Å². The Kier molecular flexibility index (Phi) is 15.5. The molecule has 0 fully saturated rings. The summed E-state index contributed by atoms with van der Waals surface area (Å²) in [6.07, 6.45) is 7.39. The summed E-state index contributed by atoms with van der Waals surface area (Å²) in [4.78, 5) is 0. The van der Waals surface area contributed by atoms with Gasteiger partial charge in [-0.2, -0.15) is 0 Å². The van der Waals surface area contributed by atoms with E-state index in [1.807, 2.05) is 0 Å². The van der Waals surface area contributed by atoms with Crippen molar-refractivity contribution in [2.45, 2.75) is 37.0 Å². The van der Waals surface area contributed by atoms with Gasteiger partial charge in [-0.15, -0.1) is 0 Å². The molecule has 230 valence electrons. The molecule has 45 heavy (non-hydrogen) atoms. The van der Waals surface area contributed by atoms with Crippen molar-refractivity contribution in [2.24, 2.45) is 0 Å². The Morgan fingerprint density at radius 1 is 0.222 bits per heavy atom. The summed E-state index contributed by atoms with van der Waals surface area (Å²) < 4.78 is 0. The van der Waals surface area contributed by atoms with Gasteiger partial charge in [0.25, 0.3) is 0 Å². The van der Waals surface area contributed by atoms with E-state index in [4.69, 9.17) is 0 Å². The van der Waals surface area contributed by atoms with Gasteiger partial charge in [0, 0.05) is 36.3 Å². The smallest absolute Gasteiger partial charge is 0.0622 e. The fourth-order valence-corrected chi connectivity index (χ4v) is 11.3. The molecule has 0 atom stereocenters. The standard InChI is InChI=1S/2C21H21P.Pd/c2*1-4-10-19(11-5-1)16-22(17-20-12-6-2-7-13-20)18-21-14-8-3-9-15-21;/h2*1-15H,16-18H2;/p+2. The van der Waals surface area contributed by atoms with E-state index in [-0.39, 0.29) is 20.4 Å². The van der Waals surface area contributed by atoms with Crippen LogP contribution in [0.25, 0.3) is 0 Å². The fourth-order valence-electron chi connectivity index (χ4n) is 5.68. The summed E-state index contributed by atoms with van der Waals surface area (Å²) in [5.74, 6) is 0. The van der Waals surface area contributed by atoms with Crippen LogP contribution in [0.15, 0.2) is 182 Å². The van der Waals surface area contributed by atoms with E-state index in [9.17, 15) is 0 Å². The number of rotatable bonds is 12. The zero-order valence-corrected chi connectivity index (χ0v) is 29.4. The first-order valence-corrected chi connectivity index (χ1v) is 19.9. The van der Waals surface area contributed by atoms with Gasteiger partial charge in [-0.1, -0.05) is 182 Å². The van der Waals surface area contributed by atoms with Crippen LogP contribution < -0.4 is 0 Å². The van der Waals surface area contributed by atoms with E-state index in [0.29, 0.717) is 0 Å². The molecule has 0 saturated heterocycles. The van der Waals surface area contributed by atoms with Crippen LogP contribution in [0.2, 0.25) is 0 Å². The Hall–Kier alpha value is -3.16. The molecular formula is C42H44P2Pd+2. The first kappa shape index (κ1) is 34.7.